The van der Waals surface area contributed by atoms with Gasteiger partial charge in [0.25, 0.3) is 0 Å². The van der Waals surface area contributed by atoms with Crippen LogP contribution in [0.5, 0.6) is 0 Å². The van der Waals surface area contributed by atoms with Crippen LogP contribution >= 0.6 is 0 Å². The first-order valence-corrected chi connectivity index (χ1v) is 7.29. The predicted octanol–water partition coefficient (Wildman–Crippen LogP) is -0.805. The summed E-state index contributed by atoms with van der Waals surface area (Å²) >= 11 is 0.846. The molecule has 0 aromatic carbocycles. The van der Waals surface area contributed by atoms with Gasteiger partial charge in [0.15, 0.2) is 0 Å². The molecule has 14 heavy (non-hydrogen) atoms. The molecule has 0 rings (SSSR count). The van der Waals surface area contributed by atoms with Gasteiger partial charge in [-0.15, -0.1) is 0 Å². The summed E-state index contributed by atoms with van der Waals surface area (Å²) in [5.74, 6) is 0. The third-order valence-electron chi connectivity index (χ3n) is 2.09. The standard InChI is InChI=1S/C10H27GeN3/c1-12(2)7-10(11,8-13(3)4)9-14(5)6/h7-9H2,1-6,11H3. The zero-order chi connectivity index (χ0) is 11.4. The van der Waals surface area contributed by atoms with E-state index in [1.165, 1.54) is 19.6 Å². The molecule has 0 unspecified atom stereocenters. The van der Waals surface area contributed by atoms with Crippen LogP contribution in [0.25, 0.3) is 0 Å². The minimum atomic E-state index is 0.531. The van der Waals surface area contributed by atoms with E-state index < -0.39 is 0 Å². The van der Waals surface area contributed by atoms with Crippen LogP contribution in [0.15, 0.2) is 0 Å². The van der Waals surface area contributed by atoms with Crippen molar-refractivity contribution in [3.05, 3.63) is 0 Å². The van der Waals surface area contributed by atoms with Crippen molar-refractivity contribution in [2.75, 3.05) is 61.9 Å². The van der Waals surface area contributed by atoms with E-state index in [0.717, 1.165) is 16.5 Å². The van der Waals surface area contributed by atoms with E-state index in [0.29, 0.717) is 4.25 Å². The van der Waals surface area contributed by atoms with E-state index in [-0.39, 0.29) is 0 Å². The van der Waals surface area contributed by atoms with Gasteiger partial charge in [-0.1, -0.05) is 0 Å². The van der Waals surface area contributed by atoms with Gasteiger partial charge in [0.05, 0.1) is 0 Å². The molecular formula is C10H27GeN3. The normalized spacial score (nSPS) is 13.5. The number of nitrogens with zero attached hydrogens (tertiary/aromatic N) is 3. The molecule has 0 aromatic rings. The Morgan fingerprint density at radius 1 is 0.714 bits per heavy atom. The van der Waals surface area contributed by atoms with E-state index in [1.807, 2.05) is 0 Å². The van der Waals surface area contributed by atoms with Gasteiger partial charge in [-0.25, -0.2) is 0 Å². The zero-order valence-electron chi connectivity index (χ0n) is 11.0. The average molecular weight is 262 g/mol. The molecule has 86 valence electrons. The summed E-state index contributed by atoms with van der Waals surface area (Å²) in [6, 6.07) is 0. The Balaban J connectivity index is 4.32. The Morgan fingerprint density at radius 3 is 1.07 bits per heavy atom. The molecule has 0 N–H and O–H groups in total. The Hall–Kier alpha value is 0.423. The first-order chi connectivity index (χ1) is 6.25. The summed E-state index contributed by atoms with van der Waals surface area (Å²) < 4.78 is 0.531. The number of hydrogen-bond donors (Lipinski definition) is 0. The Morgan fingerprint density at radius 2 is 0.929 bits per heavy atom. The summed E-state index contributed by atoms with van der Waals surface area (Å²) in [4.78, 5) is 6.95. The first kappa shape index (κ1) is 14.4. The molecule has 0 aromatic heterocycles. The van der Waals surface area contributed by atoms with Crippen molar-refractivity contribution >= 4 is 16.5 Å². The van der Waals surface area contributed by atoms with Crippen LogP contribution in [0.3, 0.4) is 0 Å². The second kappa shape index (κ2) is 6.10. The molecule has 0 heterocycles. The fraction of sp³-hybridized carbons (Fsp3) is 1.00. The molecule has 4 heteroatoms. The van der Waals surface area contributed by atoms with Gasteiger partial charge >= 0.3 is 97.4 Å². The van der Waals surface area contributed by atoms with E-state index in [2.05, 4.69) is 57.0 Å². The fourth-order valence-corrected chi connectivity index (χ4v) is 6.42. The predicted molar refractivity (Wildman–Crippen MR) is 68.3 cm³/mol. The van der Waals surface area contributed by atoms with E-state index in [1.54, 1.807) is 0 Å². The van der Waals surface area contributed by atoms with E-state index in [4.69, 9.17) is 0 Å². The van der Waals surface area contributed by atoms with Gasteiger partial charge in [-0.05, 0) is 0 Å². The minimum absolute atomic E-state index is 0.531. The molecule has 0 atom stereocenters. The molecule has 0 aliphatic heterocycles. The van der Waals surface area contributed by atoms with Crippen LogP contribution in [0, 0.1) is 0 Å². The van der Waals surface area contributed by atoms with Crippen molar-refractivity contribution in [1.82, 2.24) is 14.7 Å². The third kappa shape index (κ3) is 6.81. The van der Waals surface area contributed by atoms with Crippen LogP contribution in [0.2, 0.25) is 4.25 Å². The summed E-state index contributed by atoms with van der Waals surface area (Å²) in [6.07, 6.45) is 0. The molecular weight excluding hydrogens is 235 g/mol. The fourth-order valence-electron chi connectivity index (χ4n) is 2.44. The molecule has 0 saturated heterocycles. The molecule has 0 amide bonds. The number of hydrogen-bond acceptors (Lipinski definition) is 3. The molecule has 0 aliphatic rings. The van der Waals surface area contributed by atoms with Crippen molar-refractivity contribution < 1.29 is 0 Å². The molecule has 0 aliphatic carbocycles. The zero-order valence-corrected chi connectivity index (χ0v) is 15.2. The third-order valence-corrected chi connectivity index (χ3v) is 4.08. The van der Waals surface area contributed by atoms with Gasteiger partial charge in [0.2, 0.25) is 0 Å². The van der Waals surface area contributed by atoms with Crippen LogP contribution in [-0.4, -0.2) is 93.1 Å². The molecule has 0 radical (unpaired) electrons. The second-order valence-electron chi connectivity index (χ2n) is 5.52. The van der Waals surface area contributed by atoms with Gasteiger partial charge in [0, 0.05) is 0 Å². The van der Waals surface area contributed by atoms with Crippen LogP contribution < -0.4 is 0 Å². The topological polar surface area (TPSA) is 9.72 Å². The maximum absolute atomic E-state index is 2.32. The number of rotatable bonds is 6. The van der Waals surface area contributed by atoms with Gasteiger partial charge in [0.1, 0.15) is 0 Å². The summed E-state index contributed by atoms with van der Waals surface area (Å²) in [5.41, 5.74) is 0. The van der Waals surface area contributed by atoms with Gasteiger partial charge in [-0.3, -0.25) is 0 Å². The van der Waals surface area contributed by atoms with Crippen molar-refractivity contribution in [3.63, 3.8) is 0 Å². The summed E-state index contributed by atoms with van der Waals surface area (Å²) in [7, 11) is 13.0. The maximum atomic E-state index is 2.32. The molecule has 0 spiro atoms. The second-order valence-corrected chi connectivity index (χ2v) is 9.97. The van der Waals surface area contributed by atoms with Crippen molar-refractivity contribution in [3.8, 4) is 0 Å². The van der Waals surface area contributed by atoms with E-state index >= 15 is 0 Å². The van der Waals surface area contributed by atoms with Gasteiger partial charge < -0.3 is 0 Å². The van der Waals surface area contributed by atoms with Crippen molar-refractivity contribution in [2.45, 2.75) is 4.25 Å². The first-order valence-electron chi connectivity index (χ1n) is 5.19. The monoisotopic (exact) mass is 263 g/mol. The van der Waals surface area contributed by atoms with Crippen molar-refractivity contribution in [1.29, 1.82) is 0 Å². The van der Waals surface area contributed by atoms with Gasteiger partial charge in [-0.2, -0.15) is 0 Å². The summed E-state index contributed by atoms with van der Waals surface area (Å²) in [6.45, 7) is 3.64. The van der Waals surface area contributed by atoms with Crippen LogP contribution in [0.1, 0.15) is 0 Å². The quantitative estimate of drug-likeness (QED) is 0.580. The molecule has 0 bridgehead atoms. The Kier molecular flexibility index (Phi) is 6.29. The molecule has 0 saturated carbocycles. The van der Waals surface area contributed by atoms with Crippen LogP contribution in [0.4, 0.5) is 0 Å². The average Bonchev–Trinajstić information content (AvgIpc) is 1.76. The Labute approximate surface area is 97.6 Å². The Bertz CT molecular complexity index is 131. The molecule has 3 nitrogen and oxygen atoms in total. The molecule has 0 fully saturated rings. The van der Waals surface area contributed by atoms with Crippen molar-refractivity contribution in [2.24, 2.45) is 0 Å². The summed E-state index contributed by atoms with van der Waals surface area (Å²) in [5, 5.41) is 0. The SMILES string of the molecule is CN(C)C[C]([GeH3])(CN(C)C)CN(C)C. The van der Waals surface area contributed by atoms with Crippen LogP contribution in [-0.2, 0) is 0 Å². The van der Waals surface area contributed by atoms with E-state index in [9.17, 15) is 0 Å².